The van der Waals surface area contributed by atoms with Crippen molar-refractivity contribution in [2.75, 3.05) is 6.61 Å². The molecule has 5 atom stereocenters. The van der Waals surface area contributed by atoms with Crippen LogP contribution in [0, 0.1) is 10.1 Å². The van der Waals surface area contributed by atoms with E-state index in [9.17, 15) is 30.2 Å². The zero-order valence-corrected chi connectivity index (χ0v) is 12.7. The van der Waals surface area contributed by atoms with Gasteiger partial charge in [0.2, 0.25) is 12.2 Å². The van der Waals surface area contributed by atoms with E-state index in [4.69, 9.17) is 9.47 Å². The van der Waals surface area contributed by atoms with E-state index in [2.05, 4.69) is 5.32 Å². The van der Waals surface area contributed by atoms with E-state index in [0.717, 1.165) is 0 Å². The number of rotatable bonds is 5. The third-order valence-corrected chi connectivity index (χ3v) is 3.56. The fourth-order valence-corrected chi connectivity index (χ4v) is 2.40. The Morgan fingerprint density at radius 1 is 1.38 bits per heavy atom. The van der Waals surface area contributed by atoms with E-state index in [1.807, 2.05) is 0 Å². The maximum atomic E-state index is 11.3. The van der Waals surface area contributed by atoms with Gasteiger partial charge in [-0.15, -0.1) is 0 Å². The molecule has 4 N–H and O–H groups in total. The molecule has 1 heterocycles. The third-order valence-electron chi connectivity index (χ3n) is 3.56. The van der Waals surface area contributed by atoms with E-state index in [1.54, 1.807) is 0 Å². The van der Waals surface area contributed by atoms with E-state index in [1.165, 1.54) is 31.2 Å². The predicted molar refractivity (Wildman–Crippen MR) is 79.1 cm³/mol. The fraction of sp³-hybridized carbons (Fsp3) is 0.500. The zero-order chi connectivity index (χ0) is 17.9. The maximum absolute atomic E-state index is 11.3. The molecule has 1 aliphatic heterocycles. The van der Waals surface area contributed by atoms with Crippen LogP contribution in [0.1, 0.15) is 6.92 Å². The second kappa shape index (κ2) is 7.53. The van der Waals surface area contributed by atoms with Gasteiger partial charge in [0.25, 0.3) is 0 Å². The molecule has 1 fully saturated rings. The van der Waals surface area contributed by atoms with Gasteiger partial charge in [-0.3, -0.25) is 14.9 Å². The Hall–Kier alpha value is -2.27. The van der Waals surface area contributed by atoms with Crippen molar-refractivity contribution in [3.63, 3.8) is 0 Å². The summed E-state index contributed by atoms with van der Waals surface area (Å²) in [5.74, 6) is -0.656. The Morgan fingerprint density at radius 2 is 2.04 bits per heavy atom. The molecule has 10 heteroatoms. The molecule has 1 saturated heterocycles. The van der Waals surface area contributed by atoms with Crippen molar-refractivity contribution >= 4 is 11.6 Å². The molecule has 0 saturated carbocycles. The van der Waals surface area contributed by atoms with Gasteiger partial charge in [0, 0.05) is 13.0 Å². The number of nitro benzene ring substituents is 1. The maximum Gasteiger partial charge on any atom is 0.311 e. The molecule has 24 heavy (non-hydrogen) atoms. The lowest BCUT2D eigenvalue weighted by molar-refractivity contribution is -0.386. The van der Waals surface area contributed by atoms with Crippen LogP contribution in [-0.4, -0.2) is 63.4 Å². The van der Waals surface area contributed by atoms with Crippen LogP contribution in [0.3, 0.4) is 0 Å². The number of benzene rings is 1. The lowest BCUT2D eigenvalue weighted by atomic mass is 9.97. The van der Waals surface area contributed by atoms with Crippen LogP contribution in [-0.2, 0) is 9.53 Å². The highest BCUT2D eigenvalue weighted by molar-refractivity contribution is 5.73. The number of aliphatic hydroxyl groups excluding tert-OH is 3. The summed E-state index contributed by atoms with van der Waals surface area (Å²) in [7, 11) is 0. The molecule has 0 radical (unpaired) electrons. The SMILES string of the molecule is CC(=O)N[C@@H]1[C@H](Oc2ccccc2[N+](=O)[O-])O[C@@H](CO)[C@H](O)[C@H]1O. The molecule has 1 aliphatic rings. The smallest absolute Gasteiger partial charge is 0.311 e. The number of nitrogens with zero attached hydrogens (tertiary/aromatic N) is 1. The lowest BCUT2D eigenvalue weighted by Crippen LogP contribution is -2.65. The van der Waals surface area contributed by atoms with Crippen LogP contribution in [0.2, 0.25) is 0 Å². The Morgan fingerprint density at radius 3 is 2.62 bits per heavy atom. The summed E-state index contributed by atoms with van der Waals surface area (Å²) in [6.45, 7) is 0.584. The number of amides is 1. The molecular weight excluding hydrogens is 324 g/mol. The summed E-state index contributed by atoms with van der Waals surface area (Å²) in [6.07, 6.45) is -5.46. The standard InChI is InChI=1S/C14H18N2O8/c1-7(18)15-11-13(20)12(19)10(6-17)24-14(11)23-9-5-3-2-4-8(9)16(21)22/h2-5,10-14,17,19-20H,6H2,1H3,(H,15,18)/t10-,11-,12-,13-,14+/m0/s1. The van der Waals surface area contributed by atoms with Crippen molar-refractivity contribution in [3.05, 3.63) is 34.4 Å². The van der Waals surface area contributed by atoms with Crippen LogP contribution < -0.4 is 10.1 Å². The second-order valence-electron chi connectivity index (χ2n) is 5.28. The number of aliphatic hydroxyl groups is 3. The number of carbonyl (C=O) groups is 1. The Bertz CT molecular complexity index is 610. The van der Waals surface area contributed by atoms with Gasteiger partial charge in [-0.2, -0.15) is 0 Å². The van der Waals surface area contributed by atoms with E-state index in [0.29, 0.717) is 0 Å². The Kier molecular flexibility index (Phi) is 5.67. The monoisotopic (exact) mass is 342 g/mol. The first kappa shape index (κ1) is 18.1. The molecule has 0 aliphatic carbocycles. The minimum atomic E-state index is -1.49. The van der Waals surface area contributed by atoms with Gasteiger partial charge in [-0.05, 0) is 6.07 Å². The number of nitrogens with one attached hydrogen (secondary N) is 1. The molecule has 2 rings (SSSR count). The van der Waals surface area contributed by atoms with Crippen LogP contribution in [0.5, 0.6) is 5.75 Å². The van der Waals surface area contributed by atoms with Gasteiger partial charge in [-0.25, -0.2) is 0 Å². The number of hydrogen-bond donors (Lipinski definition) is 4. The normalized spacial score (nSPS) is 29.8. The van der Waals surface area contributed by atoms with Crippen molar-refractivity contribution in [2.45, 2.75) is 37.6 Å². The highest BCUT2D eigenvalue weighted by Gasteiger charge is 2.46. The molecule has 0 bridgehead atoms. The quantitative estimate of drug-likeness (QED) is 0.389. The third kappa shape index (κ3) is 3.79. The van der Waals surface area contributed by atoms with Gasteiger partial charge in [0.05, 0.1) is 11.5 Å². The average Bonchev–Trinajstić information content (AvgIpc) is 2.54. The second-order valence-corrected chi connectivity index (χ2v) is 5.28. The largest absolute Gasteiger partial charge is 0.455 e. The summed E-state index contributed by atoms with van der Waals surface area (Å²) in [5.41, 5.74) is -0.330. The number of nitro groups is 1. The minimum absolute atomic E-state index is 0.136. The molecular formula is C14H18N2O8. The van der Waals surface area contributed by atoms with Crippen molar-refractivity contribution in [1.29, 1.82) is 0 Å². The first-order valence-electron chi connectivity index (χ1n) is 7.14. The molecule has 1 aromatic carbocycles. The van der Waals surface area contributed by atoms with Gasteiger partial charge in [0.15, 0.2) is 5.75 Å². The van der Waals surface area contributed by atoms with Gasteiger partial charge in [0.1, 0.15) is 24.4 Å². The van der Waals surface area contributed by atoms with Crippen molar-refractivity contribution in [2.24, 2.45) is 0 Å². The summed E-state index contributed by atoms with van der Waals surface area (Å²) in [6, 6.07) is 4.33. The highest BCUT2D eigenvalue weighted by Crippen LogP contribution is 2.30. The molecule has 0 aromatic heterocycles. The molecule has 132 valence electrons. The molecule has 0 spiro atoms. The first-order valence-corrected chi connectivity index (χ1v) is 7.14. The van der Waals surface area contributed by atoms with Crippen LogP contribution >= 0.6 is 0 Å². The lowest BCUT2D eigenvalue weighted by Gasteiger charge is -2.41. The number of para-hydroxylation sites is 2. The topological polar surface area (TPSA) is 151 Å². The highest BCUT2D eigenvalue weighted by atomic mass is 16.7. The van der Waals surface area contributed by atoms with Crippen molar-refractivity contribution < 1.29 is 34.5 Å². The van der Waals surface area contributed by atoms with E-state index >= 15 is 0 Å². The molecule has 1 aromatic rings. The summed E-state index contributed by atoms with van der Waals surface area (Å²) >= 11 is 0. The molecule has 10 nitrogen and oxygen atoms in total. The van der Waals surface area contributed by atoms with Gasteiger partial charge >= 0.3 is 5.69 Å². The first-order chi connectivity index (χ1) is 11.3. The van der Waals surface area contributed by atoms with Gasteiger partial charge in [-0.1, -0.05) is 12.1 Å². The molecule has 1 amide bonds. The molecule has 0 unspecified atom stereocenters. The van der Waals surface area contributed by atoms with Crippen LogP contribution in [0.25, 0.3) is 0 Å². The van der Waals surface area contributed by atoms with Crippen LogP contribution in [0.4, 0.5) is 5.69 Å². The van der Waals surface area contributed by atoms with Crippen molar-refractivity contribution in [3.8, 4) is 5.75 Å². The number of hydrogen-bond acceptors (Lipinski definition) is 8. The summed E-state index contributed by atoms with van der Waals surface area (Å²) < 4.78 is 10.8. The van der Waals surface area contributed by atoms with E-state index in [-0.39, 0.29) is 11.4 Å². The van der Waals surface area contributed by atoms with Crippen LogP contribution in [0.15, 0.2) is 24.3 Å². The Labute approximate surface area is 136 Å². The van der Waals surface area contributed by atoms with Gasteiger partial charge < -0.3 is 30.1 Å². The summed E-state index contributed by atoms with van der Waals surface area (Å²) in [4.78, 5) is 21.7. The van der Waals surface area contributed by atoms with E-state index < -0.39 is 48.1 Å². The number of carbonyl (C=O) groups excluding carboxylic acids is 1. The fourth-order valence-electron chi connectivity index (χ4n) is 2.40. The minimum Gasteiger partial charge on any atom is -0.455 e. The average molecular weight is 342 g/mol. The predicted octanol–water partition coefficient (Wildman–Crippen LogP) is -1.08. The Balaban J connectivity index is 2.30. The number of ether oxygens (including phenoxy) is 2. The summed E-state index contributed by atoms with van der Waals surface area (Å²) in [5, 5.41) is 42.7. The van der Waals surface area contributed by atoms with Crippen molar-refractivity contribution in [1.82, 2.24) is 5.32 Å². The zero-order valence-electron chi connectivity index (χ0n) is 12.7.